The third-order valence-electron chi connectivity index (χ3n) is 28.7. The average Bonchev–Trinajstić information content (AvgIpc) is 1.56. The predicted molar refractivity (Wildman–Crippen MR) is 591 cm³/mol. The maximum atomic E-state index is 2.66. The number of nitrogens with zero attached hydrogens (tertiary/aromatic N) is 5. The molecule has 16 rings (SSSR count). The molecular weight excluding hydrogens is 1500 g/mol. The van der Waals surface area contributed by atoms with Crippen LogP contribution in [0.1, 0.15) is 528 Å². The SMILES string of the molecule is C.C.C.C.C.C.C.C.C.C.CC.CC.CC.CC.CC.CC.CC.CC.CC.CC.CCN1c2c3c(c4ccccc4c2[C@H](C)[C@@H]1C)[C@@H](C)[C@@H](C)C3.CCN1c2cc3c(cc2[C@H](C)[C@@H]1C)C[C@@H](C)[C@H]3C.CCN1c2cc3c(cc2[C@H](C)[C@@H]1C)[C@@H](C)[C@@H](C)C3.CCN1c2ccc3c(c2[C@H](C)[C@@H]1C)C[C@@H](C)[C@H]3C.CCN1c2ccc3c(c2[C@H](C)[C@@H]1C)[C@@H](C)[C@@H](C)C3. The van der Waals surface area contributed by atoms with E-state index in [0.717, 1.165) is 86.0 Å². The van der Waals surface area contributed by atoms with Gasteiger partial charge < -0.3 is 24.5 Å². The van der Waals surface area contributed by atoms with Gasteiger partial charge in [-0.2, -0.15) is 0 Å². The summed E-state index contributed by atoms with van der Waals surface area (Å²) in [5, 5.41) is 3.03. The van der Waals surface area contributed by atoms with Gasteiger partial charge in [-0.3, -0.25) is 0 Å². The second kappa shape index (κ2) is 64.4. The fraction of sp³-hybridized carbons (Fsp3) is 0.714. The fourth-order valence-electron chi connectivity index (χ4n) is 21.0. The van der Waals surface area contributed by atoms with Gasteiger partial charge in [0.05, 0.1) is 0 Å². The molecule has 20 atom stereocenters. The average molecular weight is 1730 g/mol. The molecule has 0 bridgehead atoms. The number of likely N-dealkylation sites (N-methyl/N-ethyl adjacent to an activating group) is 5. The molecule has 0 radical (unpaired) electrons. The molecule has 5 aliphatic carbocycles. The zero-order valence-electron chi connectivity index (χ0n) is 83.8. The van der Waals surface area contributed by atoms with E-state index in [1.165, 1.54) is 65.6 Å². The maximum Gasteiger partial charge on any atom is 0.0446 e. The molecule has 0 N–H and O–H groups in total. The molecule has 5 heterocycles. The topological polar surface area (TPSA) is 16.2 Å². The minimum absolute atomic E-state index is 0. The van der Waals surface area contributed by atoms with Gasteiger partial charge in [0, 0.05) is 121 Å². The molecule has 5 nitrogen and oxygen atoms in total. The third kappa shape index (κ3) is 26.7. The standard InChI is InChI=1S/C21H27N.4C17H25N.10C2H6.10CH4/c1-6-22-15(5)14(4)20-17-10-8-7-9-16(17)19-13(3)12(2)11-18(19)21(20)22;1-6-18-13(5)12(4)16-9-15-11(3)10(2)7-14(15)8-17(16)18;1-6-18-13(5)12(4)16-8-14-7-10(2)11(3)15(14)9-17(16)18;1-6-18-13(5)12(4)17-15-9-10(2)11(3)14(15)7-8-16(17)18;1-6-18-13(5)12(4)17-15(18)8-7-14-9-10(2)11(3)16(14)17;10*1-2;;;;;;;;;;/h7-10,12-15H,6,11H2,1-5H3;2*8-13H,6-7H2,1-5H3;2*7-8,10-13H,6,9H2,1-5H3;10*1-2H3;10*1H4/t12-,13-,14+,15-;10-,11-,12+,13-;2*10-,11-,12-,13+;10-,11-,12+,13-;;;;;;;;;;;;;;;;;;;;/m00110..................../s1. The van der Waals surface area contributed by atoms with E-state index in [2.05, 4.69) is 270 Å². The molecule has 6 aromatic carbocycles. The molecule has 5 aliphatic heterocycles. The Balaban J connectivity index is -0.000000178. The minimum atomic E-state index is 0. The van der Waals surface area contributed by atoms with Crippen molar-refractivity contribution < 1.29 is 0 Å². The summed E-state index contributed by atoms with van der Waals surface area (Å²) in [6.45, 7) is 105. The Kier molecular flexibility index (Phi) is 70.9. The molecule has 728 valence electrons. The van der Waals surface area contributed by atoms with Crippen LogP contribution in [0.25, 0.3) is 10.8 Å². The molecule has 0 spiro atoms. The van der Waals surface area contributed by atoms with E-state index in [1.807, 2.05) is 138 Å². The van der Waals surface area contributed by atoms with Gasteiger partial charge in [-0.05, 0) is 279 Å². The van der Waals surface area contributed by atoms with Gasteiger partial charge >= 0.3 is 0 Å². The van der Waals surface area contributed by atoms with Crippen LogP contribution in [0.3, 0.4) is 0 Å². The lowest BCUT2D eigenvalue weighted by Crippen LogP contribution is -2.30. The number of benzene rings is 6. The van der Waals surface area contributed by atoms with Crippen LogP contribution in [0.4, 0.5) is 28.4 Å². The largest absolute Gasteiger partial charge is 0.368 e. The first-order valence-corrected chi connectivity index (χ1v) is 48.8. The van der Waals surface area contributed by atoms with Crippen molar-refractivity contribution >= 4 is 39.2 Å². The maximum absolute atomic E-state index is 2.66. The Labute approximate surface area is 784 Å². The van der Waals surface area contributed by atoms with Crippen molar-refractivity contribution in [3.8, 4) is 0 Å². The minimum Gasteiger partial charge on any atom is -0.368 e. The summed E-state index contributed by atoms with van der Waals surface area (Å²) in [5.74, 6) is 11.0. The number of fused-ring (bicyclic) bond motifs is 16. The van der Waals surface area contributed by atoms with E-state index < -0.39 is 0 Å². The highest BCUT2D eigenvalue weighted by atomic mass is 15.2. The number of hydrogen-bond donors (Lipinski definition) is 0. The molecule has 10 aliphatic rings. The van der Waals surface area contributed by atoms with Crippen molar-refractivity contribution in [2.75, 3.05) is 57.2 Å². The van der Waals surface area contributed by atoms with Gasteiger partial charge in [-0.15, -0.1) is 0 Å². The van der Waals surface area contributed by atoms with E-state index in [1.54, 1.807) is 89.1 Å². The molecule has 0 fully saturated rings. The molecular formula is C119H227N5. The Bertz CT molecular complexity index is 3770. The van der Waals surface area contributed by atoms with Crippen molar-refractivity contribution in [2.45, 2.75) is 507 Å². The molecule has 0 unspecified atom stereocenters. The number of rotatable bonds is 5. The highest BCUT2D eigenvalue weighted by molar-refractivity contribution is 5.98. The normalized spacial score (nSPS) is 25.4. The van der Waals surface area contributed by atoms with Crippen LogP contribution in [0.15, 0.2) is 72.8 Å². The molecule has 0 aromatic heterocycles. The number of hydrogen-bond acceptors (Lipinski definition) is 5. The fourth-order valence-corrected chi connectivity index (χ4v) is 21.0. The lowest BCUT2D eigenvalue weighted by Gasteiger charge is -2.26. The Morgan fingerprint density at radius 1 is 0.218 bits per heavy atom. The monoisotopic (exact) mass is 1730 g/mol. The van der Waals surface area contributed by atoms with E-state index in [9.17, 15) is 0 Å². The van der Waals surface area contributed by atoms with Crippen LogP contribution < -0.4 is 24.5 Å². The van der Waals surface area contributed by atoms with E-state index in [-0.39, 0.29) is 74.3 Å². The number of anilines is 5. The van der Waals surface area contributed by atoms with Gasteiger partial charge in [0.15, 0.2) is 0 Å². The first kappa shape index (κ1) is 137. The predicted octanol–water partition coefficient (Wildman–Crippen LogP) is 39.3. The Hall–Kier alpha value is -5.42. The summed E-state index contributed by atoms with van der Waals surface area (Å²) >= 11 is 0. The quantitative estimate of drug-likeness (QED) is 0.170. The van der Waals surface area contributed by atoms with E-state index in [4.69, 9.17) is 0 Å². The summed E-state index contributed by atoms with van der Waals surface area (Å²) < 4.78 is 0. The zero-order chi connectivity index (χ0) is 87.7. The smallest absolute Gasteiger partial charge is 0.0446 e. The second-order valence-corrected chi connectivity index (χ2v) is 33.0. The van der Waals surface area contributed by atoms with Crippen LogP contribution in [0, 0.1) is 29.6 Å². The van der Waals surface area contributed by atoms with Crippen LogP contribution in [-0.4, -0.2) is 62.9 Å². The molecule has 0 saturated heterocycles. The van der Waals surface area contributed by atoms with Crippen LogP contribution in [0.2, 0.25) is 0 Å². The summed E-state index contributed by atoms with van der Waals surface area (Å²) in [4.78, 5) is 13.0. The molecule has 124 heavy (non-hydrogen) atoms. The molecule has 0 amide bonds. The van der Waals surface area contributed by atoms with Crippen molar-refractivity contribution in [3.05, 3.63) is 156 Å². The summed E-state index contributed by atoms with van der Waals surface area (Å²) in [5.41, 5.74) is 32.1. The first-order chi connectivity index (χ1) is 54.8. The van der Waals surface area contributed by atoms with Crippen molar-refractivity contribution in [3.63, 3.8) is 0 Å². The Morgan fingerprint density at radius 2 is 0.508 bits per heavy atom. The first-order valence-electron chi connectivity index (χ1n) is 48.8. The van der Waals surface area contributed by atoms with Crippen molar-refractivity contribution in [1.82, 2.24) is 0 Å². The lowest BCUT2D eigenvalue weighted by atomic mass is 9.87. The van der Waals surface area contributed by atoms with Gasteiger partial charge in [-0.1, -0.05) is 365 Å². The van der Waals surface area contributed by atoms with Crippen molar-refractivity contribution in [1.29, 1.82) is 0 Å². The summed E-state index contributed by atoms with van der Waals surface area (Å²) in [6, 6.07) is 31.9. The molecule has 6 aromatic rings. The van der Waals surface area contributed by atoms with Gasteiger partial charge in [-0.25, -0.2) is 0 Å². The van der Waals surface area contributed by atoms with Gasteiger partial charge in [0.2, 0.25) is 0 Å². The second-order valence-electron chi connectivity index (χ2n) is 33.0. The highest BCUT2D eigenvalue weighted by Crippen LogP contribution is 2.57. The highest BCUT2D eigenvalue weighted by Gasteiger charge is 2.44. The lowest BCUT2D eigenvalue weighted by molar-refractivity contribution is 0.526. The third-order valence-corrected chi connectivity index (χ3v) is 28.7. The van der Waals surface area contributed by atoms with Gasteiger partial charge in [0.1, 0.15) is 0 Å². The van der Waals surface area contributed by atoms with Crippen LogP contribution >= 0.6 is 0 Å². The molecule has 0 saturated carbocycles. The van der Waals surface area contributed by atoms with Crippen LogP contribution in [-0.2, 0) is 32.1 Å². The van der Waals surface area contributed by atoms with Crippen LogP contribution in [0.5, 0.6) is 0 Å². The van der Waals surface area contributed by atoms with Gasteiger partial charge in [0.25, 0.3) is 0 Å². The molecule has 5 heteroatoms. The summed E-state index contributed by atoms with van der Waals surface area (Å²) in [7, 11) is 0. The van der Waals surface area contributed by atoms with Crippen molar-refractivity contribution in [2.24, 2.45) is 29.6 Å². The summed E-state index contributed by atoms with van der Waals surface area (Å²) in [6.07, 6.45) is 6.35. The zero-order valence-corrected chi connectivity index (χ0v) is 83.8. The van der Waals surface area contributed by atoms with E-state index in [0.29, 0.717) is 65.7 Å². The Morgan fingerprint density at radius 3 is 0.944 bits per heavy atom. The van der Waals surface area contributed by atoms with E-state index >= 15 is 0 Å².